The van der Waals surface area contributed by atoms with Gasteiger partial charge < -0.3 is 25.6 Å². The maximum atomic E-state index is 12.6. The fraction of sp³-hybridized carbons (Fsp3) is 0.400. The number of likely N-dealkylation sites (N-methyl/N-ethyl adjacent to an activating group) is 1. The van der Waals surface area contributed by atoms with E-state index in [9.17, 15) is 9.59 Å². The second-order valence-corrected chi connectivity index (χ2v) is 9.14. The molecule has 0 spiro atoms. The number of aromatic amines is 1. The molecule has 0 radical (unpaired) electrons. The lowest BCUT2D eigenvalue weighted by Gasteiger charge is -2.27. The number of nitrogens with one attached hydrogen (secondary N) is 2. The van der Waals surface area contributed by atoms with E-state index in [0.717, 1.165) is 73.1 Å². The van der Waals surface area contributed by atoms with Crippen LogP contribution >= 0.6 is 0 Å². The summed E-state index contributed by atoms with van der Waals surface area (Å²) in [4.78, 5) is 42.7. The predicted octanol–water partition coefficient (Wildman–Crippen LogP) is 4.58. The Hall–Kier alpha value is -3.82. The van der Waals surface area contributed by atoms with Gasteiger partial charge in [0.25, 0.3) is 0 Å². The Morgan fingerprint density at radius 1 is 1.18 bits per heavy atom. The van der Waals surface area contributed by atoms with Crippen molar-refractivity contribution in [3.05, 3.63) is 65.1 Å². The summed E-state index contributed by atoms with van der Waals surface area (Å²) >= 11 is 0. The highest BCUT2D eigenvalue weighted by atomic mass is 16.5. The number of carbonyl (C=O) groups excluding carboxylic acids is 3. The van der Waals surface area contributed by atoms with Gasteiger partial charge in [-0.05, 0) is 63.0 Å². The standard InChI is InChI=1S/C28H34N4O3.CH5N.CH2O/c1-4-19-9-10-21(18-33)20(15-19)13-14-32(2)26-7-5-6-8-27(34)30-24-16-22(35-3)11-12-23(24)25-17-29-28(26)31-25;2*1-2/h9-12,15-18,26H,4-8,13-14H2,1-3H3,(H,29,31)(H,30,34);2H2,1H3;1H2. The maximum Gasteiger partial charge on any atom is 0.224 e. The van der Waals surface area contributed by atoms with Gasteiger partial charge in [-0.3, -0.25) is 14.5 Å². The van der Waals surface area contributed by atoms with E-state index in [0.29, 0.717) is 17.9 Å². The third kappa shape index (κ3) is 8.33. The monoisotopic (exact) mass is 535 g/mol. The number of anilines is 1. The van der Waals surface area contributed by atoms with E-state index in [2.05, 4.69) is 41.0 Å². The van der Waals surface area contributed by atoms with Gasteiger partial charge in [-0.25, -0.2) is 4.98 Å². The summed E-state index contributed by atoms with van der Waals surface area (Å²) in [7, 11) is 5.22. The number of fused-ring (bicyclic) bond motifs is 4. The molecule has 1 aromatic heterocycles. The summed E-state index contributed by atoms with van der Waals surface area (Å²) < 4.78 is 5.36. The Bertz CT molecular complexity index is 1210. The third-order valence-electron chi connectivity index (χ3n) is 6.84. The summed E-state index contributed by atoms with van der Waals surface area (Å²) in [5.74, 6) is 1.60. The number of H-pyrrole nitrogens is 1. The Morgan fingerprint density at radius 2 is 1.95 bits per heavy atom. The Labute approximate surface area is 231 Å². The van der Waals surface area contributed by atoms with Crippen molar-refractivity contribution in [1.82, 2.24) is 14.9 Å². The van der Waals surface area contributed by atoms with Crippen molar-refractivity contribution in [2.75, 3.05) is 33.1 Å². The molecule has 0 fully saturated rings. The molecule has 1 unspecified atom stereocenters. The van der Waals surface area contributed by atoms with Crippen molar-refractivity contribution < 1.29 is 19.1 Å². The number of methoxy groups -OCH3 is 1. The highest BCUT2D eigenvalue weighted by Crippen LogP contribution is 2.33. The predicted molar refractivity (Wildman–Crippen MR) is 155 cm³/mol. The van der Waals surface area contributed by atoms with Crippen LogP contribution in [0.15, 0.2) is 42.6 Å². The molecular formula is C30H41N5O4. The van der Waals surface area contributed by atoms with Gasteiger partial charge in [-0.1, -0.05) is 31.5 Å². The second kappa shape index (κ2) is 16.2. The number of aromatic nitrogens is 2. The van der Waals surface area contributed by atoms with Crippen LogP contribution in [-0.2, 0) is 22.4 Å². The molecule has 9 nitrogen and oxygen atoms in total. The van der Waals surface area contributed by atoms with Crippen molar-refractivity contribution in [3.63, 3.8) is 0 Å². The minimum atomic E-state index is 0.00178. The lowest BCUT2D eigenvalue weighted by molar-refractivity contribution is -0.116. The fourth-order valence-electron chi connectivity index (χ4n) is 4.70. The largest absolute Gasteiger partial charge is 0.497 e. The van der Waals surface area contributed by atoms with E-state index in [1.54, 1.807) is 7.11 Å². The second-order valence-electron chi connectivity index (χ2n) is 9.14. The first-order chi connectivity index (χ1) is 19.0. The van der Waals surface area contributed by atoms with Gasteiger partial charge in [-0.2, -0.15) is 0 Å². The molecule has 0 aliphatic carbocycles. The number of amides is 1. The van der Waals surface area contributed by atoms with Gasteiger partial charge >= 0.3 is 0 Å². The number of rotatable bonds is 7. The van der Waals surface area contributed by atoms with Gasteiger partial charge in [0.15, 0.2) is 0 Å². The average Bonchev–Trinajstić information content (AvgIpc) is 3.47. The lowest BCUT2D eigenvalue weighted by Crippen LogP contribution is -2.28. The molecule has 2 bridgehead atoms. The first-order valence-electron chi connectivity index (χ1n) is 13.2. The van der Waals surface area contributed by atoms with Crippen LogP contribution in [0.1, 0.15) is 66.0 Å². The summed E-state index contributed by atoms with van der Waals surface area (Å²) in [6, 6.07) is 11.9. The molecule has 2 aromatic carbocycles. The van der Waals surface area contributed by atoms with Gasteiger partial charge in [0, 0.05) is 30.2 Å². The van der Waals surface area contributed by atoms with Crippen LogP contribution in [0.4, 0.5) is 5.69 Å². The molecule has 210 valence electrons. The minimum Gasteiger partial charge on any atom is -0.497 e. The van der Waals surface area contributed by atoms with E-state index < -0.39 is 0 Å². The van der Waals surface area contributed by atoms with Gasteiger partial charge in [0.05, 0.1) is 30.7 Å². The number of hydrogen-bond acceptors (Lipinski definition) is 7. The average molecular weight is 536 g/mol. The fourth-order valence-corrected chi connectivity index (χ4v) is 4.70. The van der Waals surface area contributed by atoms with Crippen LogP contribution < -0.4 is 15.8 Å². The summed E-state index contributed by atoms with van der Waals surface area (Å²) in [6.45, 7) is 4.92. The molecule has 4 rings (SSSR count). The Kier molecular flexibility index (Phi) is 13.1. The van der Waals surface area contributed by atoms with Crippen molar-refractivity contribution in [2.24, 2.45) is 5.73 Å². The summed E-state index contributed by atoms with van der Waals surface area (Å²) in [6.07, 6.45) is 7.58. The molecule has 1 aliphatic heterocycles. The zero-order chi connectivity index (χ0) is 28.8. The van der Waals surface area contributed by atoms with E-state index in [1.165, 1.54) is 12.6 Å². The molecule has 39 heavy (non-hydrogen) atoms. The van der Waals surface area contributed by atoms with Crippen molar-refractivity contribution >= 4 is 24.7 Å². The van der Waals surface area contributed by atoms with E-state index in [4.69, 9.17) is 14.5 Å². The zero-order valence-corrected chi connectivity index (χ0v) is 23.5. The van der Waals surface area contributed by atoms with E-state index >= 15 is 0 Å². The number of carbonyl (C=O) groups is 3. The van der Waals surface area contributed by atoms with Crippen LogP contribution in [0.5, 0.6) is 5.75 Å². The number of aldehydes is 1. The molecule has 0 saturated carbocycles. The number of benzene rings is 2. The zero-order valence-electron chi connectivity index (χ0n) is 23.5. The molecule has 3 aromatic rings. The maximum absolute atomic E-state index is 12.6. The van der Waals surface area contributed by atoms with Crippen LogP contribution in [-0.4, -0.2) is 61.6 Å². The minimum absolute atomic E-state index is 0.00178. The molecule has 1 amide bonds. The number of nitrogens with zero attached hydrogens (tertiary/aromatic N) is 2. The van der Waals surface area contributed by atoms with Crippen molar-refractivity contribution in [1.29, 1.82) is 0 Å². The normalized spacial score (nSPS) is 14.7. The Balaban J connectivity index is 0.00000127. The molecule has 2 heterocycles. The molecular weight excluding hydrogens is 494 g/mol. The third-order valence-corrected chi connectivity index (χ3v) is 6.84. The number of hydrogen-bond donors (Lipinski definition) is 3. The summed E-state index contributed by atoms with van der Waals surface area (Å²) in [5.41, 5.74) is 10.0. The van der Waals surface area contributed by atoms with Crippen LogP contribution in [0.25, 0.3) is 11.3 Å². The Morgan fingerprint density at radius 3 is 2.64 bits per heavy atom. The highest BCUT2D eigenvalue weighted by Gasteiger charge is 2.22. The van der Waals surface area contributed by atoms with Gasteiger partial charge in [0.1, 0.15) is 24.6 Å². The van der Waals surface area contributed by atoms with Gasteiger partial charge in [0.2, 0.25) is 5.91 Å². The number of nitrogens with two attached hydrogens (primary N) is 1. The quantitative estimate of drug-likeness (QED) is 0.378. The first kappa shape index (κ1) is 31.4. The van der Waals surface area contributed by atoms with Crippen LogP contribution in [0.2, 0.25) is 0 Å². The summed E-state index contributed by atoms with van der Waals surface area (Å²) in [5, 5.41) is 3.04. The van der Waals surface area contributed by atoms with E-state index in [-0.39, 0.29) is 11.9 Å². The smallest absolute Gasteiger partial charge is 0.224 e. The van der Waals surface area contributed by atoms with Crippen molar-refractivity contribution in [2.45, 2.75) is 51.5 Å². The van der Waals surface area contributed by atoms with Crippen LogP contribution in [0, 0.1) is 0 Å². The topological polar surface area (TPSA) is 130 Å². The number of aryl methyl sites for hydroxylation is 1. The molecule has 0 saturated heterocycles. The van der Waals surface area contributed by atoms with E-state index in [1.807, 2.05) is 43.3 Å². The van der Waals surface area contributed by atoms with Crippen LogP contribution in [0.3, 0.4) is 0 Å². The van der Waals surface area contributed by atoms with Gasteiger partial charge in [-0.15, -0.1) is 0 Å². The number of ether oxygens (including phenoxy) is 1. The SMILES string of the molecule is C=O.CCc1ccc(C=O)c(CCN(C)C2CCCCC(=O)Nc3cc(OC)ccc3-c3cnc2[nH]3)c1.CN. The first-order valence-corrected chi connectivity index (χ1v) is 13.2. The molecule has 1 atom stereocenters. The molecule has 4 N–H and O–H groups in total. The molecule has 9 heteroatoms. The molecule has 1 aliphatic rings. The number of imidazole rings is 1. The van der Waals surface area contributed by atoms with Crippen molar-refractivity contribution in [3.8, 4) is 17.0 Å². The lowest BCUT2D eigenvalue weighted by atomic mass is 10.00. The highest BCUT2D eigenvalue weighted by molar-refractivity contribution is 5.95.